The van der Waals surface area contributed by atoms with Crippen LogP contribution in [-0.4, -0.2) is 56.9 Å². The van der Waals surface area contributed by atoms with Crippen molar-refractivity contribution in [1.82, 2.24) is 31.2 Å². The van der Waals surface area contributed by atoms with E-state index in [1.54, 1.807) is 19.2 Å². The Bertz CT molecular complexity index is 1170. The minimum absolute atomic E-state index is 0.0151. The van der Waals surface area contributed by atoms with Crippen molar-refractivity contribution in [3.05, 3.63) is 33.9 Å². The van der Waals surface area contributed by atoms with Gasteiger partial charge in [0.1, 0.15) is 35.1 Å². The van der Waals surface area contributed by atoms with Gasteiger partial charge >= 0.3 is 0 Å². The van der Waals surface area contributed by atoms with Crippen molar-refractivity contribution in [2.45, 2.75) is 78.7 Å². The van der Waals surface area contributed by atoms with Crippen LogP contribution < -0.4 is 21.3 Å². The third kappa shape index (κ3) is 6.57. The van der Waals surface area contributed by atoms with Gasteiger partial charge in [0.25, 0.3) is 11.8 Å². The van der Waals surface area contributed by atoms with Crippen molar-refractivity contribution < 1.29 is 28.7 Å². The molecular formula is C25H36N6O6S. The number of thiazole rings is 1. The molecule has 3 heterocycles. The Labute approximate surface area is 225 Å². The molecule has 1 aliphatic heterocycles. The number of fused-ring (bicyclic) bond motifs is 4. The van der Waals surface area contributed by atoms with Gasteiger partial charge in [-0.05, 0) is 24.7 Å². The van der Waals surface area contributed by atoms with Gasteiger partial charge in [-0.2, -0.15) is 0 Å². The maximum atomic E-state index is 13.2. The molecule has 0 aromatic carbocycles. The van der Waals surface area contributed by atoms with E-state index in [0.29, 0.717) is 5.01 Å². The van der Waals surface area contributed by atoms with E-state index in [1.165, 1.54) is 24.5 Å². The molecule has 0 fully saturated rings. The summed E-state index contributed by atoms with van der Waals surface area (Å²) in [5, 5.41) is 23.3. The molecule has 5 atom stereocenters. The molecule has 5 N–H and O–H groups in total. The highest BCUT2D eigenvalue weighted by Crippen LogP contribution is 2.27. The number of amides is 4. The SMILES string of the molecule is CC(C)[C@@H]1NC(=O)c2csc(n2)[C@H](C(C)C)NC(=O)c2coc(n2)[C@H](C(C)C)NC(=O)[C@H]([C@@H](C)O)NC1=O. The van der Waals surface area contributed by atoms with E-state index in [1.807, 2.05) is 27.7 Å². The summed E-state index contributed by atoms with van der Waals surface area (Å²) in [6, 6.07) is -3.58. The number of rotatable bonds is 4. The van der Waals surface area contributed by atoms with Crippen LogP contribution in [0.3, 0.4) is 0 Å². The number of hydrogen-bond acceptors (Lipinski definition) is 9. The fraction of sp³-hybridized carbons (Fsp3) is 0.600. The molecule has 12 nitrogen and oxygen atoms in total. The minimum atomic E-state index is -1.32. The molecule has 4 bridgehead atoms. The normalized spacial score (nSPS) is 24.4. The number of aliphatic hydroxyl groups is 1. The maximum Gasteiger partial charge on any atom is 0.273 e. The second-order valence-electron chi connectivity index (χ2n) is 10.5. The first-order valence-corrected chi connectivity index (χ1v) is 13.5. The molecule has 0 radical (unpaired) electrons. The Morgan fingerprint density at radius 1 is 0.737 bits per heavy atom. The van der Waals surface area contributed by atoms with Gasteiger partial charge in [-0.25, -0.2) is 9.97 Å². The van der Waals surface area contributed by atoms with Gasteiger partial charge in [0, 0.05) is 5.38 Å². The number of nitrogens with one attached hydrogen (secondary N) is 4. The molecule has 13 heteroatoms. The topological polar surface area (TPSA) is 176 Å². The second kappa shape index (κ2) is 12.0. The zero-order valence-corrected chi connectivity index (χ0v) is 23.4. The van der Waals surface area contributed by atoms with E-state index in [0.717, 1.165) is 0 Å². The number of nitrogens with zero attached hydrogens (tertiary/aromatic N) is 2. The molecule has 3 rings (SSSR count). The third-order valence-electron chi connectivity index (χ3n) is 6.26. The van der Waals surface area contributed by atoms with Crippen molar-refractivity contribution in [2.75, 3.05) is 0 Å². The molecule has 0 aliphatic carbocycles. The van der Waals surface area contributed by atoms with Crippen LogP contribution in [0.25, 0.3) is 0 Å². The lowest BCUT2D eigenvalue weighted by atomic mass is 10.0. The van der Waals surface area contributed by atoms with Crippen molar-refractivity contribution in [2.24, 2.45) is 17.8 Å². The molecule has 0 saturated heterocycles. The number of aromatic nitrogens is 2. The van der Waals surface area contributed by atoms with Crippen LogP contribution in [0.4, 0.5) is 0 Å². The first-order valence-electron chi connectivity index (χ1n) is 12.6. The van der Waals surface area contributed by atoms with Gasteiger partial charge in [-0.15, -0.1) is 11.3 Å². The number of hydrogen-bond donors (Lipinski definition) is 5. The predicted octanol–water partition coefficient (Wildman–Crippen LogP) is 1.71. The standard InChI is InChI=1S/C25H36N6O6S/c1-10(2)16-22(35)31-19(13(7)32)23(36)29-17(11(3)4)24-26-14(8-37-24)20(33)30-18(12(5)6)25-27-15(9-38-25)21(34)28-16/h8-13,16-19,32H,1-7H3,(H,28,34)(H,29,36)(H,30,33)(H,31,35)/t13-,16+,17+,18+,19+/m1/s1. The highest BCUT2D eigenvalue weighted by Gasteiger charge is 2.35. The molecule has 0 saturated carbocycles. The average Bonchev–Trinajstić information content (AvgIpc) is 3.51. The van der Waals surface area contributed by atoms with Gasteiger partial charge in [-0.1, -0.05) is 41.5 Å². The lowest BCUT2D eigenvalue weighted by Gasteiger charge is -2.28. The largest absolute Gasteiger partial charge is 0.446 e. The minimum Gasteiger partial charge on any atom is -0.446 e. The predicted molar refractivity (Wildman–Crippen MR) is 139 cm³/mol. The molecule has 1 aliphatic rings. The Kier molecular flexibility index (Phi) is 9.26. The van der Waals surface area contributed by atoms with Crippen LogP contribution in [-0.2, 0) is 9.59 Å². The third-order valence-corrected chi connectivity index (χ3v) is 7.19. The van der Waals surface area contributed by atoms with Gasteiger partial charge in [0.05, 0.1) is 12.1 Å². The Morgan fingerprint density at radius 2 is 1.26 bits per heavy atom. The molecule has 4 amide bonds. The number of carbonyl (C=O) groups is 4. The Hall–Kier alpha value is -3.32. The van der Waals surface area contributed by atoms with Crippen LogP contribution in [0, 0.1) is 17.8 Å². The summed E-state index contributed by atoms with van der Waals surface area (Å²) in [5.74, 6) is -2.86. The van der Waals surface area contributed by atoms with E-state index in [-0.39, 0.29) is 35.0 Å². The summed E-state index contributed by atoms with van der Waals surface area (Å²) in [5.41, 5.74) is 0.110. The van der Waals surface area contributed by atoms with Crippen LogP contribution in [0.1, 0.15) is 92.4 Å². The van der Waals surface area contributed by atoms with Crippen molar-refractivity contribution in [3.8, 4) is 0 Å². The van der Waals surface area contributed by atoms with Gasteiger partial charge in [0.15, 0.2) is 5.69 Å². The van der Waals surface area contributed by atoms with Crippen molar-refractivity contribution >= 4 is 35.0 Å². The molecule has 2 aromatic heterocycles. The van der Waals surface area contributed by atoms with Crippen LogP contribution >= 0.6 is 11.3 Å². The quantitative estimate of drug-likeness (QED) is 0.384. The lowest BCUT2D eigenvalue weighted by Crippen LogP contribution is -2.58. The molecule has 0 spiro atoms. The van der Waals surface area contributed by atoms with Crippen LogP contribution in [0.5, 0.6) is 0 Å². The molecule has 2 aromatic rings. The van der Waals surface area contributed by atoms with E-state index in [2.05, 4.69) is 31.2 Å². The maximum absolute atomic E-state index is 13.2. The Morgan fingerprint density at radius 3 is 1.84 bits per heavy atom. The van der Waals surface area contributed by atoms with E-state index >= 15 is 0 Å². The van der Waals surface area contributed by atoms with E-state index in [9.17, 15) is 24.3 Å². The van der Waals surface area contributed by atoms with Crippen molar-refractivity contribution in [1.29, 1.82) is 0 Å². The molecule has 38 heavy (non-hydrogen) atoms. The summed E-state index contributed by atoms with van der Waals surface area (Å²) >= 11 is 1.22. The van der Waals surface area contributed by atoms with Gasteiger partial charge < -0.3 is 30.8 Å². The fourth-order valence-corrected chi connectivity index (χ4v) is 4.97. The molecular weight excluding hydrogens is 512 g/mol. The highest BCUT2D eigenvalue weighted by molar-refractivity contribution is 7.09. The van der Waals surface area contributed by atoms with Crippen LogP contribution in [0.2, 0.25) is 0 Å². The number of aliphatic hydroxyl groups excluding tert-OH is 1. The summed E-state index contributed by atoms with van der Waals surface area (Å²) in [7, 11) is 0. The average molecular weight is 549 g/mol. The summed E-state index contributed by atoms with van der Waals surface area (Å²) in [6.45, 7) is 12.4. The smallest absolute Gasteiger partial charge is 0.273 e. The fourth-order valence-electron chi connectivity index (χ4n) is 3.95. The zero-order chi connectivity index (χ0) is 28.3. The molecule has 0 unspecified atom stereocenters. The number of carbonyl (C=O) groups excluding carboxylic acids is 4. The highest BCUT2D eigenvalue weighted by atomic mass is 32.1. The monoisotopic (exact) mass is 548 g/mol. The summed E-state index contributed by atoms with van der Waals surface area (Å²) in [4.78, 5) is 61.2. The second-order valence-corrected chi connectivity index (χ2v) is 11.4. The first-order chi connectivity index (χ1) is 17.8. The first kappa shape index (κ1) is 29.2. The summed E-state index contributed by atoms with van der Waals surface area (Å²) in [6.07, 6.45) is -0.0412. The Balaban J connectivity index is 2.07. The van der Waals surface area contributed by atoms with E-state index in [4.69, 9.17) is 4.42 Å². The summed E-state index contributed by atoms with van der Waals surface area (Å²) < 4.78 is 5.57. The van der Waals surface area contributed by atoms with Crippen molar-refractivity contribution in [3.63, 3.8) is 0 Å². The van der Waals surface area contributed by atoms with Gasteiger partial charge in [0.2, 0.25) is 17.7 Å². The lowest BCUT2D eigenvalue weighted by molar-refractivity contribution is -0.133. The van der Waals surface area contributed by atoms with E-state index < -0.39 is 53.9 Å². The number of oxazole rings is 1. The van der Waals surface area contributed by atoms with Gasteiger partial charge in [-0.3, -0.25) is 19.2 Å². The zero-order valence-electron chi connectivity index (χ0n) is 22.6. The van der Waals surface area contributed by atoms with Crippen LogP contribution in [0.15, 0.2) is 16.1 Å². The molecule has 208 valence electrons.